The molecule has 2 aromatic heterocycles. The van der Waals surface area contributed by atoms with Gasteiger partial charge in [-0.1, -0.05) is 54.6 Å². The van der Waals surface area contributed by atoms with Crippen LogP contribution in [0.5, 0.6) is 0 Å². The summed E-state index contributed by atoms with van der Waals surface area (Å²) in [6.07, 6.45) is -3.37. The maximum absolute atomic E-state index is 13.4. The zero-order valence-corrected chi connectivity index (χ0v) is 23.6. The molecular formula is C31H24ClN5O7. The Kier molecular flexibility index (Phi) is 8.17. The van der Waals surface area contributed by atoms with E-state index in [1.165, 1.54) is 10.9 Å². The number of hydrogen-bond donors (Lipinski definition) is 1. The molecule has 3 aromatic carbocycles. The number of anilines is 1. The maximum Gasteiger partial charge on any atom is 0.338 e. The molecule has 6 rings (SSSR count). The van der Waals surface area contributed by atoms with Crippen LogP contribution in [0.25, 0.3) is 11.2 Å². The molecule has 0 radical (unpaired) electrons. The number of nitrogen functional groups attached to an aromatic ring is 1. The molecule has 0 bridgehead atoms. The van der Waals surface area contributed by atoms with Gasteiger partial charge in [-0.3, -0.25) is 4.57 Å². The van der Waals surface area contributed by atoms with Gasteiger partial charge in [0, 0.05) is 0 Å². The Morgan fingerprint density at radius 3 is 1.86 bits per heavy atom. The van der Waals surface area contributed by atoms with E-state index >= 15 is 0 Å². The summed E-state index contributed by atoms with van der Waals surface area (Å²) >= 11 is 5.98. The molecule has 0 saturated carbocycles. The molecule has 2 N–H and O–H groups in total. The number of nitrogens with zero attached hydrogens (tertiary/aromatic N) is 4. The number of rotatable bonds is 8. The smallest absolute Gasteiger partial charge is 0.338 e. The van der Waals surface area contributed by atoms with Crippen molar-refractivity contribution in [3.05, 3.63) is 119 Å². The zero-order valence-electron chi connectivity index (χ0n) is 22.9. The van der Waals surface area contributed by atoms with E-state index < -0.39 is 42.4 Å². The summed E-state index contributed by atoms with van der Waals surface area (Å²) in [4.78, 5) is 51.9. The molecule has 5 aromatic rings. The van der Waals surface area contributed by atoms with Crippen molar-refractivity contribution in [2.75, 3.05) is 12.3 Å². The minimum absolute atomic E-state index is 0.00831. The predicted octanol–water partition coefficient (Wildman–Crippen LogP) is 4.27. The molecule has 0 spiro atoms. The highest BCUT2D eigenvalue weighted by Gasteiger charge is 2.52. The van der Waals surface area contributed by atoms with Crippen molar-refractivity contribution in [1.82, 2.24) is 19.5 Å². The number of carbonyl (C=O) groups excluding carboxylic acids is 3. The number of hydrogen-bond acceptors (Lipinski definition) is 11. The second-order valence-electron chi connectivity index (χ2n) is 9.70. The van der Waals surface area contributed by atoms with Gasteiger partial charge in [0.2, 0.25) is 5.28 Å². The Morgan fingerprint density at radius 2 is 1.30 bits per heavy atom. The lowest BCUT2D eigenvalue weighted by Crippen LogP contribution is -2.41. The molecular weight excluding hydrogens is 590 g/mol. The van der Waals surface area contributed by atoms with Crippen LogP contribution in [0, 0.1) is 0 Å². The second kappa shape index (κ2) is 12.5. The standard InChI is InChI=1S/C31H24ClN5O7/c32-31-35-25(33)22-26(36-31)34-17-37(22)27-24(44-30(40)20-14-8-3-9-15-20)23(43-29(39)19-12-6-2-7-13-19)21(42-27)16-41-28(38)18-10-4-1-5-11-18/h1-15,17,21,23-24,27H,16H2,(H2,33,35,36)/t21-,23?,24?,27+/m1/s1. The highest BCUT2D eigenvalue weighted by Crippen LogP contribution is 2.37. The largest absolute Gasteiger partial charge is 0.459 e. The zero-order chi connectivity index (χ0) is 30.6. The van der Waals surface area contributed by atoms with Crippen LogP contribution in [0.1, 0.15) is 37.3 Å². The first-order valence-corrected chi connectivity index (χ1v) is 13.8. The molecule has 4 atom stereocenters. The second-order valence-corrected chi connectivity index (χ2v) is 10.0. The van der Waals surface area contributed by atoms with Gasteiger partial charge in [-0.15, -0.1) is 0 Å². The number of carbonyl (C=O) groups is 3. The molecule has 1 aliphatic rings. The van der Waals surface area contributed by atoms with Gasteiger partial charge in [0.15, 0.2) is 29.9 Å². The fraction of sp³-hybridized carbons (Fsp3) is 0.161. The lowest BCUT2D eigenvalue weighted by molar-refractivity contribution is -0.0604. The van der Waals surface area contributed by atoms with Crippen molar-refractivity contribution in [3.63, 3.8) is 0 Å². The van der Waals surface area contributed by atoms with Crippen LogP contribution in [0.2, 0.25) is 5.28 Å². The average Bonchev–Trinajstić information content (AvgIpc) is 3.62. The lowest BCUT2D eigenvalue weighted by atomic mass is 10.1. The van der Waals surface area contributed by atoms with Crippen molar-refractivity contribution < 1.29 is 33.3 Å². The number of fused-ring (bicyclic) bond motifs is 1. The van der Waals surface area contributed by atoms with Crippen LogP contribution in [0.4, 0.5) is 5.82 Å². The van der Waals surface area contributed by atoms with Crippen LogP contribution >= 0.6 is 11.6 Å². The Hall–Kier alpha value is -5.33. The van der Waals surface area contributed by atoms with E-state index in [2.05, 4.69) is 15.0 Å². The summed E-state index contributed by atoms with van der Waals surface area (Å²) in [5.41, 5.74) is 7.41. The minimum atomic E-state index is -1.26. The van der Waals surface area contributed by atoms with E-state index in [1.807, 2.05) is 0 Å². The molecule has 222 valence electrons. The molecule has 3 heterocycles. The van der Waals surface area contributed by atoms with Crippen LogP contribution in [-0.2, 0) is 18.9 Å². The summed E-state index contributed by atoms with van der Waals surface area (Å²) in [6, 6.07) is 24.9. The number of esters is 3. The van der Waals surface area contributed by atoms with E-state index in [4.69, 9.17) is 36.3 Å². The third-order valence-electron chi connectivity index (χ3n) is 6.88. The normalized spacial score (nSPS) is 19.4. The molecule has 13 heteroatoms. The van der Waals surface area contributed by atoms with Gasteiger partial charge in [0.25, 0.3) is 0 Å². The number of aromatic nitrogens is 4. The van der Waals surface area contributed by atoms with Crippen molar-refractivity contribution in [2.45, 2.75) is 24.5 Å². The fourth-order valence-electron chi connectivity index (χ4n) is 4.82. The van der Waals surface area contributed by atoms with Gasteiger partial charge in [-0.05, 0) is 48.0 Å². The molecule has 44 heavy (non-hydrogen) atoms. The van der Waals surface area contributed by atoms with Crippen LogP contribution in [0.15, 0.2) is 97.3 Å². The molecule has 1 saturated heterocycles. The summed E-state index contributed by atoms with van der Waals surface area (Å²) in [7, 11) is 0. The van der Waals surface area contributed by atoms with E-state index in [1.54, 1.807) is 91.0 Å². The number of ether oxygens (including phenoxy) is 4. The Labute approximate surface area is 255 Å². The molecule has 0 amide bonds. The first kappa shape index (κ1) is 28.8. The number of imidazole rings is 1. The quantitative estimate of drug-likeness (QED) is 0.151. The van der Waals surface area contributed by atoms with Crippen molar-refractivity contribution in [2.24, 2.45) is 0 Å². The van der Waals surface area contributed by atoms with Crippen molar-refractivity contribution in [3.8, 4) is 0 Å². The van der Waals surface area contributed by atoms with E-state index in [0.29, 0.717) is 5.56 Å². The van der Waals surface area contributed by atoms with Gasteiger partial charge in [0.05, 0.1) is 16.7 Å². The van der Waals surface area contributed by atoms with Crippen molar-refractivity contribution in [1.29, 1.82) is 0 Å². The Balaban J connectivity index is 1.39. The summed E-state index contributed by atoms with van der Waals surface area (Å²) < 4.78 is 25.3. The summed E-state index contributed by atoms with van der Waals surface area (Å²) in [5.74, 6) is -2.04. The number of benzene rings is 3. The first-order chi connectivity index (χ1) is 21.4. The topological polar surface area (TPSA) is 158 Å². The van der Waals surface area contributed by atoms with Gasteiger partial charge in [-0.25, -0.2) is 19.4 Å². The predicted molar refractivity (Wildman–Crippen MR) is 157 cm³/mol. The SMILES string of the molecule is Nc1nc(Cl)nc2ncn([C@H]3O[C@H](COC(=O)c4ccccc4)C(OC(=O)c4ccccc4)C3OC(=O)c3ccccc3)c12. The Bertz CT molecular complexity index is 1800. The minimum Gasteiger partial charge on any atom is -0.459 e. The molecule has 2 unspecified atom stereocenters. The molecule has 12 nitrogen and oxygen atoms in total. The maximum atomic E-state index is 13.4. The van der Waals surface area contributed by atoms with Gasteiger partial charge in [0.1, 0.15) is 24.6 Å². The Morgan fingerprint density at radius 1 is 0.773 bits per heavy atom. The third kappa shape index (κ3) is 5.93. The molecule has 1 fully saturated rings. The number of nitrogens with two attached hydrogens (primary N) is 1. The van der Waals surface area contributed by atoms with Gasteiger partial charge >= 0.3 is 17.9 Å². The third-order valence-corrected chi connectivity index (χ3v) is 7.05. The van der Waals surface area contributed by atoms with Gasteiger partial charge < -0.3 is 24.7 Å². The van der Waals surface area contributed by atoms with E-state index in [0.717, 1.165) is 0 Å². The highest BCUT2D eigenvalue weighted by molar-refractivity contribution is 6.28. The fourth-order valence-corrected chi connectivity index (χ4v) is 4.99. The average molecular weight is 614 g/mol. The number of halogens is 1. The lowest BCUT2D eigenvalue weighted by Gasteiger charge is -2.25. The first-order valence-electron chi connectivity index (χ1n) is 13.4. The molecule has 1 aliphatic heterocycles. The van der Waals surface area contributed by atoms with E-state index in [-0.39, 0.29) is 40.0 Å². The van der Waals surface area contributed by atoms with E-state index in [9.17, 15) is 14.4 Å². The summed E-state index contributed by atoms with van der Waals surface area (Å²) in [5, 5.41) is -0.111. The van der Waals surface area contributed by atoms with Crippen LogP contribution in [0.3, 0.4) is 0 Å². The van der Waals surface area contributed by atoms with Crippen LogP contribution in [-0.4, -0.2) is 62.3 Å². The monoisotopic (exact) mass is 613 g/mol. The highest BCUT2D eigenvalue weighted by atomic mass is 35.5. The molecule has 0 aliphatic carbocycles. The van der Waals surface area contributed by atoms with Crippen molar-refractivity contribution >= 4 is 46.5 Å². The van der Waals surface area contributed by atoms with Crippen LogP contribution < -0.4 is 5.73 Å². The van der Waals surface area contributed by atoms with Gasteiger partial charge in [-0.2, -0.15) is 9.97 Å². The summed E-state index contributed by atoms with van der Waals surface area (Å²) in [6.45, 7) is -0.346.